The van der Waals surface area contributed by atoms with Crippen molar-refractivity contribution in [2.75, 3.05) is 14.2 Å². The number of fused-ring (bicyclic) bond motifs is 5. The highest BCUT2D eigenvalue weighted by Gasteiger charge is 2.57. The molecule has 1 aromatic carbocycles. The topological polar surface area (TPSA) is 57.2 Å². The smallest absolute Gasteiger partial charge is 0.204 e. The van der Waals surface area contributed by atoms with E-state index < -0.39 is 17.7 Å². The predicted molar refractivity (Wildman–Crippen MR) is 120 cm³/mol. The van der Waals surface area contributed by atoms with E-state index in [2.05, 4.69) is 13.0 Å². The molecule has 0 aliphatic heterocycles. The molecule has 174 valence electrons. The summed E-state index contributed by atoms with van der Waals surface area (Å²) in [5.74, 6) is 1.04. The highest BCUT2D eigenvalue weighted by Crippen LogP contribution is 2.63. The van der Waals surface area contributed by atoms with Crippen LogP contribution < -0.4 is 4.74 Å². The second-order valence-corrected chi connectivity index (χ2v) is 11.0. The Kier molecular flexibility index (Phi) is 5.96. The molecule has 0 aromatic heterocycles. The summed E-state index contributed by atoms with van der Waals surface area (Å²) in [5, 5.41) is 11.1. The number of methoxy groups -OCH3 is 2. The number of ether oxygens (including phenoxy) is 4. The minimum atomic E-state index is -0.697. The number of hydrogen-bond donors (Lipinski definition) is 1. The molecule has 1 aromatic rings. The summed E-state index contributed by atoms with van der Waals surface area (Å²) in [6, 6.07) is 6.23. The third kappa shape index (κ3) is 4.15. The minimum Gasteiger partial charge on any atom is -0.463 e. The quantitative estimate of drug-likeness (QED) is 0.596. The molecule has 0 heterocycles. The van der Waals surface area contributed by atoms with E-state index in [0.717, 1.165) is 43.4 Å². The summed E-state index contributed by atoms with van der Waals surface area (Å²) in [4.78, 5) is 0. The maximum atomic E-state index is 11.1. The van der Waals surface area contributed by atoms with E-state index in [1.165, 1.54) is 5.56 Å². The van der Waals surface area contributed by atoms with Crippen LogP contribution in [0.5, 0.6) is 5.75 Å². The van der Waals surface area contributed by atoms with Crippen LogP contribution in [0.15, 0.2) is 18.2 Å². The molecule has 3 aliphatic rings. The molecule has 0 amide bonds. The van der Waals surface area contributed by atoms with E-state index in [9.17, 15) is 5.11 Å². The van der Waals surface area contributed by atoms with Crippen LogP contribution in [0.1, 0.15) is 89.9 Å². The molecular formula is C26H40O5. The highest BCUT2D eigenvalue weighted by atomic mass is 16.7. The van der Waals surface area contributed by atoms with Crippen molar-refractivity contribution < 1.29 is 24.1 Å². The lowest BCUT2D eigenvalue weighted by Gasteiger charge is -2.52. The average Bonchev–Trinajstić information content (AvgIpc) is 3.04. The van der Waals surface area contributed by atoms with Crippen molar-refractivity contribution in [3.05, 3.63) is 29.3 Å². The molecule has 5 heteroatoms. The molecule has 0 saturated heterocycles. The van der Waals surface area contributed by atoms with Gasteiger partial charge in [0.2, 0.25) is 5.79 Å². The summed E-state index contributed by atoms with van der Waals surface area (Å²) in [5.41, 5.74) is 2.47. The molecular weight excluding hydrogens is 392 g/mol. The Morgan fingerprint density at radius 1 is 0.968 bits per heavy atom. The van der Waals surface area contributed by atoms with Crippen LogP contribution in [-0.4, -0.2) is 37.0 Å². The van der Waals surface area contributed by atoms with Gasteiger partial charge in [-0.15, -0.1) is 0 Å². The van der Waals surface area contributed by atoms with Gasteiger partial charge in [-0.25, -0.2) is 0 Å². The Hall–Kier alpha value is -1.14. The van der Waals surface area contributed by atoms with E-state index in [1.54, 1.807) is 14.2 Å². The maximum Gasteiger partial charge on any atom is 0.204 e. The molecule has 4 rings (SSSR count). The van der Waals surface area contributed by atoms with Crippen molar-refractivity contribution in [3.8, 4) is 5.75 Å². The lowest BCUT2D eigenvalue weighted by molar-refractivity contribution is -0.246. The van der Waals surface area contributed by atoms with Crippen LogP contribution in [0.4, 0.5) is 0 Å². The fourth-order valence-electron chi connectivity index (χ4n) is 6.49. The molecule has 1 unspecified atom stereocenters. The van der Waals surface area contributed by atoms with Gasteiger partial charge < -0.3 is 24.1 Å². The summed E-state index contributed by atoms with van der Waals surface area (Å²) >= 11 is 0. The normalized spacial score (nSPS) is 35.3. The molecule has 2 saturated carbocycles. The Morgan fingerprint density at radius 3 is 2.35 bits per heavy atom. The zero-order valence-electron chi connectivity index (χ0n) is 20.2. The zero-order valence-corrected chi connectivity index (χ0v) is 20.2. The van der Waals surface area contributed by atoms with Gasteiger partial charge >= 0.3 is 0 Å². The highest BCUT2D eigenvalue weighted by molar-refractivity contribution is 5.42. The Labute approximate surface area is 187 Å². The third-order valence-electron chi connectivity index (χ3n) is 8.44. The van der Waals surface area contributed by atoms with Gasteiger partial charge in [-0.1, -0.05) is 13.0 Å². The number of hydrogen-bond acceptors (Lipinski definition) is 5. The first-order chi connectivity index (χ1) is 14.5. The number of rotatable bonds is 6. The van der Waals surface area contributed by atoms with Gasteiger partial charge in [-0.3, -0.25) is 0 Å². The van der Waals surface area contributed by atoms with Gasteiger partial charge in [0.15, 0.2) is 5.79 Å². The largest absolute Gasteiger partial charge is 0.463 e. The van der Waals surface area contributed by atoms with Gasteiger partial charge in [0.05, 0.1) is 12.2 Å². The van der Waals surface area contributed by atoms with E-state index in [1.807, 2.05) is 39.8 Å². The summed E-state index contributed by atoms with van der Waals surface area (Å²) < 4.78 is 23.4. The van der Waals surface area contributed by atoms with Crippen molar-refractivity contribution in [1.29, 1.82) is 0 Å². The first-order valence-corrected chi connectivity index (χ1v) is 11.8. The monoisotopic (exact) mass is 432 g/mol. The van der Waals surface area contributed by atoms with Crippen molar-refractivity contribution in [2.45, 2.75) is 96.4 Å². The van der Waals surface area contributed by atoms with Gasteiger partial charge in [-0.05, 0) is 92.4 Å². The van der Waals surface area contributed by atoms with Crippen LogP contribution >= 0.6 is 0 Å². The first kappa shape index (κ1) is 23.0. The van der Waals surface area contributed by atoms with Crippen molar-refractivity contribution in [3.63, 3.8) is 0 Å². The van der Waals surface area contributed by atoms with Crippen molar-refractivity contribution >= 4 is 0 Å². The van der Waals surface area contributed by atoms with Crippen LogP contribution in [-0.2, 0) is 14.2 Å². The summed E-state index contributed by atoms with van der Waals surface area (Å²) in [7, 11) is 3.36. The molecule has 0 spiro atoms. The number of aliphatic hydroxyl groups excluding tert-OH is 1. The lowest BCUT2D eigenvalue weighted by Crippen LogP contribution is -2.47. The van der Waals surface area contributed by atoms with Gasteiger partial charge in [0.25, 0.3) is 0 Å². The molecule has 1 N–H and O–H groups in total. The number of benzene rings is 1. The third-order valence-corrected chi connectivity index (χ3v) is 8.44. The standard InChI is InChI=1S/C26H40O5/c1-24(2,28-6)30-16-8-9-17-18-12-13-26(5)21(19(18)15-22(27)20(17)14-16)10-11-23(26)31-25(3,4)29-7/h8-9,14,18-19,21-23,27H,10-13,15H2,1-7H3/t18-,19-,21+,22?,23+,26+/m1/s1. The zero-order chi connectivity index (χ0) is 22.6. The summed E-state index contributed by atoms with van der Waals surface area (Å²) in [6.45, 7) is 10.2. The van der Waals surface area contributed by atoms with E-state index in [0.29, 0.717) is 17.8 Å². The Bertz CT molecular complexity index is 803. The van der Waals surface area contributed by atoms with E-state index in [4.69, 9.17) is 18.9 Å². The van der Waals surface area contributed by atoms with Crippen molar-refractivity contribution in [2.24, 2.45) is 17.3 Å². The van der Waals surface area contributed by atoms with E-state index >= 15 is 0 Å². The van der Waals surface area contributed by atoms with Gasteiger partial charge in [0.1, 0.15) is 5.75 Å². The Balaban J connectivity index is 1.58. The SMILES string of the molecule is COC(C)(C)Oc1ccc2c(c1)C(O)C[C@@H]1[C@@H]2CC[C@]2(C)[C@@H](OC(C)(C)OC)CC[C@@H]12. The molecule has 31 heavy (non-hydrogen) atoms. The Morgan fingerprint density at radius 2 is 1.68 bits per heavy atom. The second-order valence-electron chi connectivity index (χ2n) is 11.0. The maximum absolute atomic E-state index is 11.1. The lowest BCUT2D eigenvalue weighted by atomic mass is 9.55. The van der Waals surface area contributed by atoms with Crippen LogP contribution in [0.25, 0.3) is 0 Å². The van der Waals surface area contributed by atoms with Gasteiger partial charge in [-0.2, -0.15) is 0 Å². The van der Waals surface area contributed by atoms with Crippen LogP contribution in [0.3, 0.4) is 0 Å². The van der Waals surface area contributed by atoms with Crippen LogP contribution in [0, 0.1) is 17.3 Å². The molecule has 5 nitrogen and oxygen atoms in total. The van der Waals surface area contributed by atoms with E-state index in [-0.39, 0.29) is 11.5 Å². The fraction of sp³-hybridized carbons (Fsp3) is 0.769. The molecule has 2 fully saturated rings. The van der Waals surface area contributed by atoms with Crippen LogP contribution in [0.2, 0.25) is 0 Å². The molecule has 0 bridgehead atoms. The summed E-state index contributed by atoms with van der Waals surface area (Å²) in [6.07, 6.45) is 5.08. The number of aliphatic hydroxyl groups is 1. The fourth-order valence-corrected chi connectivity index (χ4v) is 6.49. The first-order valence-electron chi connectivity index (χ1n) is 11.8. The second kappa shape index (κ2) is 8.02. The predicted octanol–water partition coefficient (Wildman–Crippen LogP) is 5.56. The minimum absolute atomic E-state index is 0.139. The van der Waals surface area contributed by atoms with Gasteiger partial charge in [0, 0.05) is 28.1 Å². The molecule has 0 radical (unpaired) electrons. The van der Waals surface area contributed by atoms with Crippen molar-refractivity contribution in [1.82, 2.24) is 0 Å². The molecule has 6 atom stereocenters. The average molecular weight is 433 g/mol. The molecule has 3 aliphatic carbocycles.